The quantitative estimate of drug-likeness (QED) is 0.447. The van der Waals surface area contributed by atoms with Crippen LogP contribution >= 0.6 is 0 Å². The second kappa shape index (κ2) is 7.63. The molecule has 0 saturated carbocycles. The van der Waals surface area contributed by atoms with Gasteiger partial charge in [0, 0.05) is 11.3 Å². The van der Waals surface area contributed by atoms with Gasteiger partial charge in [-0.2, -0.15) is 0 Å². The van der Waals surface area contributed by atoms with Gasteiger partial charge < -0.3 is 5.32 Å². The monoisotopic (exact) mass is 353 g/mol. The second-order valence-corrected chi connectivity index (χ2v) is 6.97. The number of fused-ring (bicyclic) bond motifs is 3. The van der Waals surface area contributed by atoms with Crippen LogP contribution in [-0.4, -0.2) is 5.91 Å². The van der Waals surface area contributed by atoms with Gasteiger partial charge in [-0.1, -0.05) is 68.0 Å². The highest BCUT2D eigenvalue weighted by molar-refractivity contribution is 6.04. The Labute approximate surface area is 160 Å². The van der Waals surface area contributed by atoms with E-state index in [1.54, 1.807) is 0 Å². The lowest BCUT2D eigenvalue weighted by Gasteiger charge is -2.08. The molecule has 0 saturated heterocycles. The lowest BCUT2D eigenvalue weighted by molar-refractivity contribution is 0.102. The van der Waals surface area contributed by atoms with E-state index in [4.69, 9.17) is 0 Å². The third-order valence-electron chi connectivity index (χ3n) is 4.99. The molecule has 4 rings (SSSR count). The summed E-state index contributed by atoms with van der Waals surface area (Å²) >= 11 is 0. The topological polar surface area (TPSA) is 29.1 Å². The number of allylic oxidation sites excluding steroid dienone is 1. The molecule has 0 bridgehead atoms. The highest BCUT2D eigenvalue weighted by Crippen LogP contribution is 2.37. The fourth-order valence-electron chi connectivity index (χ4n) is 3.56. The summed E-state index contributed by atoms with van der Waals surface area (Å²) in [5.74, 6) is -0.0745. The molecule has 0 unspecified atom stereocenters. The van der Waals surface area contributed by atoms with Crippen molar-refractivity contribution in [2.75, 3.05) is 5.32 Å². The Hall–Kier alpha value is -3.13. The minimum atomic E-state index is -0.0745. The molecule has 3 aromatic rings. The SMILES string of the molecule is CCCC=Cc1ccc(C(=O)Nc2ccc3c(c2)Cc2ccccc2-3)cc1. The molecule has 2 nitrogen and oxygen atoms in total. The van der Waals surface area contributed by atoms with Crippen LogP contribution in [0, 0.1) is 0 Å². The van der Waals surface area contributed by atoms with Gasteiger partial charge in [0.1, 0.15) is 0 Å². The molecule has 0 atom stereocenters. The van der Waals surface area contributed by atoms with E-state index in [0.29, 0.717) is 5.56 Å². The van der Waals surface area contributed by atoms with Crippen LogP contribution in [0.4, 0.5) is 5.69 Å². The van der Waals surface area contributed by atoms with Gasteiger partial charge in [0.15, 0.2) is 0 Å². The van der Waals surface area contributed by atoms with Crippen molar-refractivity contribution in [1.82, 2.24) is 0 Å². The highest BCUT2D eigenvalue weighted by Gasteiger charge is 2.18. The molecule has 1 amide bonds. The zero-order valence-electron chi connectivity index (χ0n) is 15.5. The van der Waals surface area contributed by atoms with Crippen molar-refractivity contribution in [2.45, 2.75) is 26.2 Å². The molecule has 0 heterocycles. The van der Waals surface area contributed by atoms with Gasteiger partial charge in [0.25, 0.3) is 5.91 Å². The lowest BCUT2D eigenvalue weighted by Crippen LogP contribution is -2.11. The Morgan fingerprint density at radius 3 is 2.56 bits per heavy atom. The van der Waals surface area contributed by atoms with Crippen molar-refractivity contribution < 1.29 is 4.79 Å². The predicted octanol–water partition coefficient (Wildman–Crippen LogP) is 6.32. The number of hydrogen-bond donors (Lipinski definition) is 1. The van der Waals surface area contributed by atoms with Gasteiger partial charge in [-0.25, -0.2) is 0 Å². The Morgan fingerprint density at radius 1 is 0.963 bits per heavy atom. The maximum atomic E-state index is 12.6. The van der Waals surface area contributed by atoms with Crippen LogP contribution in [0.25, 0.3) is 17.2 Å². The van der Waals surface area contributed by atoms with E-state index in [0.717, 1.165) is 30.5 Å². The number of carbonyl (C=O) groups is 1. The average molecular weight is 353 g/mol. The molecule has 0 radical (unpaired) electrons. The van der Waals surface area contributed by atoms with Crippen molar-refractivity contribution in [2.24, 2.45) is 0 Å². The smallest absolute Gasteiger partial charge is 0.255 e. The maximum absolute atomic E-state index is 12.6. The van der Waals surface area contributed by atoms with Gasteiger partial charge in [-0.15, -0.1) is 0 Å². The number of rotatable bonds is 5. The minimum absolute atomic E-state index is 0.0745. The van der Waals surface area contributed by atoms with Crippen LogP contribution in [0.15, 0.2) is 72.8 Å². The maximum Gasteiger partial charge on any atom is 0.255 e. The summed E-state index contributed by atoms with van der Waals surface area (Å²) in [4.78, 5) is 12.6. The second-order valence-electron chi connectivity index (χ2n) is 6.97. The van der Waals surface area contributed by atoms with Gasteiger partial charge in [-0.05, 0) is 64.9 Å². The van der Waals surface area contributed by atoms with E-state index < -0.39 is 0 Å². The van der Waals surface area contributed by atoms with Gasteiger partial charge in [0.05, 0.1) is 0 Å². The number of amides is 1. The van der Waals surface area contributed by atoms with Gasteiger partial charge in [-0.3, -0.25) is 4.79 Å². The van der Waals surface area contributed by atoms with E-state index in [2.05, 4.69) is 60.8 Å². The van der Waals surface area contributed by atoms with Crippen LogP contribution in [0.1, 0.15) is 46.8 Å². The van der Waals surface area contributed by atoms with Gasteiger partial charge >= 0.3 is 0 Å². The van der Waals surface area contributed by atoms with E-state index in [1.165, 1.54) is 22.3 Å². The summed E-state index contributed by atoms with van der Waals surface area (Å²) in [6, 6.07) is 22.4. The minimum Gasteiger partial charge on any atom is -0.322 e. The highest BCUT2D eigenvalue weighted by atomic mass is 16.1. The third kappa shape index (κ3) is 3.70. The first-order valence-electron chi connectivity index (χ1n) is 9.54. The van der Waals surface area contributed by atoms with Crippen LogP contribution in [0.5, 0.6) is 0 Å². The number of anilines is 1. The largest absolute Gasteiger partial charge is 0.322 e. The number of nitrogens with one attached hydrogen (secondary N) is 1. The molecule has 3 aromatic carbocycles. The number of carbonyl (C=O) groups excluding carboxylic acids is 1. The van der Waals surface area contributed by atoms with Crippen LogP contribution < -0.4 is 5.32 Å². The Bertz CT molecular complexity index is 999. The molecule has 0 aliphatic heterocycles. The van der Waals surface area contributed by atoms with E-state index in [-0.39, 0.29) is 5.91 Å². The van der Waals surface area contributed by atoms with E-state index in [1.807, 2.05) is 30.3 Å². The molecule has 0 fully saturated rings. The summed E-state index contributed by atoms with van der Waals surface area (Å²) in [5.41, 5.74) is 7.83. The first-order valence-corrected chi connectivity index (χ1v) is 9.54. The zero-order chi connectivity index (χ0) is 18.6. The summed E-state index contributed by atoms with van der Waals surface area (Å²) in [7, 11) is 0. The van der Waals surface area contributed by atoms with Crippen LogP contribution in [-0.2, 0) is 6.42 Å². The van der Waals surface area contributed by atoms with Crippen molar-refractivity contribution in [1.29, 1.82) is 0 Å². The molecule has 2 heteroatoms. The first kappa shape index (κ1) is 17.3. The standard InChI is InChI=1S/C25H23NO/c1-2-3-4-7-18-10-12-19(13-11-18)25(27)26-22-14-15-24-21(17-22)16-20-8-5-6-9-23(20)24/h4-15,17H,2-3,16H2,1H3,(H,26,27). The fraction of sp³-hybridized carbons (Fsp3) is 0.160. The van der Waals surface area contributed by atoms with E-state index in [9.17, 15) is 4.79 Å². The lowest BCUT2D eigenvalue weighted by atomic mass is 10.1. The van der Waals surface area contributed by atoms with E-state index >= 15 is 0 Å². The van der Waals surface area contributed by atoms with Crippen molar-refractivity contribution in [3.8, 4) is 11.1 Å². The summed E-state index contributed by atoms with van der Waals surface area (Å²) in [5, 5.41) is 3.03. The molecule has 1 aliphatic rings. The Morgan fingerprint density at radius 2 is 1.74 bits per heavy atom. The van der Waals surface area contributed by atoms with Crippen LogP contribution in [0.2, 0.25) is 0 Å². The molecule has 0 aromatic heterocycles. The molecular formula is C25H23NO. The number of unbranched alkanes of at least 4 members (excludes halogenated alkanes) is 1. The summed E-state index contributed by atoms with van der Waals surface area (Å²) in [6.45, 7) is 2.16. The third-order valence-corrected chi connectivity index (χ3v) is 4.99. The number of hydrogen-bond acceptors (Lipinski definition) is 1. The summed E-state index contributed by atoms with van der Waals surface area (Å²) < 4.78 is 0. The van der Waals surface area contributed by atoms with Crippen molar-refractivity contribution in [3.05, 3.63) is 95.1 Å². The van der Waals surface area contributed by atoms with Crippen molar-refractivity contribution in [3.63, 3.8) is 0 Å². The fourth-order valence-corrected chi connectivity index (χ4v) is 3.56. The molecule has 134 valence electrons. The van der Waals surface area contributed by atoms with Gasteiger partial charge in [0.2, 0.25) is 0 Å². The molecule has 27 heavy (non-hydrogen) atoms. The average Bonchev–Trinajstić information content (AvgIpc) is 3.06. The molecule has 0 spiro atoms. The summed E-state index contributed by atoms with van der Waals surface area (Å²) in [6.07, 6.45) is 7.41. The first-order chi connectivity index (χ1) is 13.2. The predicted molar refractivity (Wildman–Crippen MR) is 113 cm³/mol. The molecule has 1 aliphatic carbocycles. The molecule has 1 N–H and O–H groups in total. The Balaban J connectivity index is 1.47. The van der Waals surface area contributed by atoms with Crippen LogP contribution in [0.3, 0.4) is 0 Å². The number of benzene rings is 3. The van der Waals surface area contributed by atoms with Crippen molar-refractivity contribution >= 4 is 17.7 Å². The Kier molecular flexibility index (Phi) is 4.88. The normalized spacial score (nSPS) is 12.0. The molecular weight excluding hydrogens is 330 g/mol. The zero-order valence-corrected chi connectivity index (χ0v) is 15.5.